The molecule has 0 spiro atoms. The maximum absolute atomic E-state index is 12.8. The van der Waals surface area contributed by atoms with Gasteiger partial charge in [0.25, 0.3) is 11.6 Å². The molecule has 0 atom stereocenters. The van der Waals surface area contributed by atoms with Gasteiger partial charge in [-0.3, -0.25) is 20.2 Å². The number of nitro benzene ring substituents is 1. The van der Waals surface area contributed by atoms with Crippen LogP contribution in [-0.2, 0) is 0 Å². The van der Waals surface area contributed by atoms with E-state index in [2.05, 4.69) is 10.3 Å². The highest BCUT2D eigenvalue weighted by atomic mass is 35.5. The van der Waals surface area contributed by atoms with Crippen molar-refractivity contribution in [3.8, 4) is 39.6 Å². The van der Waals surface area contributed by atoms with Crippen LogP contribution >= 0.6 is 11.6 Å². The quantitative estimate of drug-likeness (QED) is 0.184. The monoisotopic (exact) mass is 511 g/mol. The number of non-ortho nitro benzene ring substituents is 1. The molecule has 182 valence electrons. The molecule has 0 saturated heterocycles. The van der Waals surface area contributed by atoms with Gasteiger partial charge in [-0.05, 0) is 47.5 Å². The Labute approximate surface area is 216 Å². The van der Waals surface area contributed by atoms with Crippen molar-refractivity contribution in [2.45, 2.75) is 0 Å². The van der Waals surface area contributed by atoms with Crippen LogP contribution in [0.4, 0.5) is 11.6 Å². The Morgan fingerprint density at radius 3 is 2.35 bits per heavy atom. The first-order valence-corrected chi connectivity index (χ1v) is 11.5. The molecule has 4 aromatic carbocycles. The minimum atomic E-state index is -0.479. The Morgan fingerprint density at radius 2 is 1.62 bits per heavy atom. The number of benzene rings is 4. The lowest BCUT2D eigenvalue weighted by Crippen LogP contribution is -2.11. The fraction of sp³-hybridized carbons (Fsp3) is 0. The van der Waals surface area contributed by atoms with E-state index in [0.717, 1.165) is 0 Å². The summed E-state index contributed by atoms with van der Waals surface area (Å²) in [6, 6.07) is 26.4. The van der Waals surface area contributed by atoms with Crippen molar-refractivity contribution in [3.05, 3.63) is 118 Å². The van der Waals surface area contributed by atoms with E-state index >= 15 is 0 Å². The number of hydrogen-bond donors (Lipinski definition) is 2. The minimum Gasteiger partial charge on any atom is -0.507 e. The van der Waals surface area contributed by atoms with Gasteiger partial charge in [0.2, 0.25) is 11.8 Å². The zero-order valence-electron chi connectivity index (χ0n) is 19.1. The number of nitrogens with zero attached hydrogens (tertiary/aromatic N) is 2. The molecule has 0 bridgehead atoms. The number of aromatic nitrogens is 1. The molecule has 0 unspecified atom stereocenters. The van der Waals surface area contributed by atoms with Crippen molar-refractivity contribution >= 4 is 29.1 Å². The van der Waals surface area contributed by atoms with Gasteiger partial charge >= 0.3 is 0 Å². The summed E-state index contributed by atoms with van der Waals surface area (Å²) < 4.78 is 5.93. The van der Waals surface area contributed by atoms with E-state index in [4.69, 9.17) is 16.0 Å². The summed E-state index contributed by atoms with van der Waals surface area (Å²) in [5.41, 5.74) is 2.74. The number of halogens is 1. The van der Waals surface area contributed by atoms with Gasteiger partial charge in [-0.1, -0.05) is 60.1 Å². The van der Waals surface area contributed by atoms with Gasteiger partial charge in [0.05, 0.1) is 10.5 Å². The van der Waals surface area contributed by atoms with E-state index in [9.17, 15) is 20.0 Å². The zero-order chi connectivity index (χ0) is 25.9. The Hall–Kier alpha value is -4.95. The third kappa shape index (κ3) is 5.05. The van der Waals surface area contributed by atoms with E-state index in [1.807, 2.05) is 0 Å². The number of nitro groups is 1. The highest BCUT2D eigenvalue weighted by molar-refractivity contribution is 6.30. The molecule has 2 N–H and O–H groups in total. The van der Waals surface area contributed by atoms with Gasteiger partial charge in [0.15, 0.2) is 0 Å². The molecule has 0 radical (unpaired) electrons. The van der Waals surface area contributed by atoms with E-state index < -0.39 is 10.8 Å². The van der Waals surface area contributed by atoms with Gasteiger partial charge in [-0.15, -0.1) is 0 Å². The molecule has 1 heterocycles. The van der Waals surface area contributed by atoms with Crippen LogP contribution in [0.25, 0.3) is 33.8 Å². The maximum Gasteiger partial charge on any atom is 0.270 e. The van der Waals surface area contributed by atoms with Crippen LogP contribution in [0.15, 0.2) is 101 Å². The molecule has 37 heavy (non-hydrogen) atoms. The minimum absolute atomic E-state index is 0.0567. The Kier molecular flexibility index (Phi) is 6.40. The number of oxazole rings is 1. The van der Waals surface area contributed by atoms with Gasteiger partial charge in [-0.25, -0.2) is 4.98 Å². The van der Waals surface area contributed by atoms with Crippen LogP contribution in [0.1, 0.15) is 10.4 Å². The molecule has 9 heteroatoms. The lowest BCUT2D eigenvalue weighted by molar-refractivity contribution is -0.384. The third-order valence-corrected chi connectivity index (χ3v) is 5.84. The molecule has 0 aliphatic heterocycles. The smallest absolute Gasteiger partial charge is 0.270 e. The highest BCUT2D eigenvalue weighted by Crippen LogP contribution is 2.39. The lowest BCUT2D eigenvalue weighted by atomic mass is 10.0. The number of phenolic OH excluding ortho intramolecular Hbond substituents is 1. The normalized spacial score (nSPS) is 10.7. The molecular weight excluding hydrogens is 494 g/mol. The molecule has 1 amide bonds. The number of phenols is 1. The van der Waals surface area contributed by atoms with Crippen molar-refractivity contribution in [1.29, 1.82) is 0 Å². The first kappa shape index (κ1) is 23.8. The van der Waals surface area contributed by atoms with Crippen molar-refractivity contribution < 1.29 is 19.2 Å². The van der Waals surface area contributed by atoms with Crippen LogP contribution in [0.3, 0.4) is 0 Å². The number of carbonyl (C=O) groups excluding carboxylic acids is 1. The molecule has 5 rings (SSSR count). The molecular formula is C28H18ClN3O5. The lowest BCUT2D eigenvalue weighted by Gasteiger charge is -2.06. The van der Waals surface area contributed by atoms with Crippen LogP contribution in [-0.4, -0.2) is 20.9 Å². The zero-order valence-corrected chi connectivity index (χ0v) is 19.8. The average molecular weight is 512 g/mol. The average Bonchev–Trinajstić information content (AvgIpc) is 3.32. The highest BCUT2D eigenvalue weighted by Gasteiger charge is 2.21. The van der Waals surface area contributed by atoms with Gasteiger partial charge in [0.1, 0.15) is 11.4 Å². The summed E-state index contributed by atoms with van der Waals surface area (Å²) in [5, 5.41) is 25.2. The summed E-state index contributed by atoms with van der Waals surface area (Å²) in [6.45, 7) is 0. The van der Waals surface area contributed by atoms with E-state index in [1.54, 1.807) is 78.9 Å². The summed E-state index contributed by atoms with van der Waals surface area (Å²) >= 11 is 6.18. The number of carbonyl (C=O) groups is 1. The predicted octanol–water partition coefficient (Wildman–Crippen LogP) is 7.20. The molecule has 0 fully saturated rings. The number of aromatic hydroxyl groups is 1. The molecule has 8 nitrogen and oxygen atoms in total. The second kappa shape index (κ2) is 9.96. The third-order valence-electron chi connectivity index (χ3n) is 5.61. The standard InChI is InChI=1S/C28H18ClN3O5/c29-21-10-4-9-20(14-21)25-28(31-26(34)17-6-2-1-3-7-17)37-27(30-25)23-13-12-19(16-24(23)33)18-8-5-11-22(15-18)32(35)36/h1-16,33H,(H,31,34). The fourth-order valence-corrected chi connectivity index (χ4v) is 4.00. The first-order valence-electron chi connectivity index (χ1n) is 11.1. The predicted molar refractivity (Wildman–Crippen MR) is 141 cm³/mol. The molecule has 5 aromatic rings. The molecule has 1 aromatic heterocycles. The Balaban J connectivity index is 1.54. The van der Waals surface area contributed by atoms with E-state index in [0.29, 0.717) is 33.0 Å². The summed E-state index contributed by atoms with van der Waals surface area (Å²) in [5.74, 6) is -0.379. The topological polar surface area (TPSA) is 118 Å². The second-order valence-corrected chi connectivity index (χ2v) is 8.50. The van der Waals surface area contributed by atoms with Gasteiger partial charge in [-0.2, -0.15) is 0 Å². The van der Waals surface area contributed by atoms with E-state index in [-0.39, 0.29) is 28.8 Å². The van der Waals surface area contributed by atoms with Crippen molar-refractivity contribution in [3.63, 3.8) is 0 Å². The van der Waals surface area contributed by atoms with Crippen LogP contribution in [0.5, 0.6) is 5.75 Å². The Morgan fingerprint density at radius 1 is 0.892 bits per heavy atom. The first-order chi connectivity index (χ1) is 17.9. The summed E-state index contributed by atoms with van der Waals surface area (Å²) in [6.07, 6.45) is 0. The number of rotatable bonds is 6. The van der Waals surface area contributed by atoms with Crippen molar-refractivity contribution in [1.82, 2.24) is 4.98 Å². The SMILES string of the molecule is O=C(Nc1oc(-c2ccc(-c3cccc([N+](=O)[O-])c3)cc2O)nc1-c1cccc(Cl)c1)c1ccccc1. The second-order valence-electron chi connectivity index (χ2n) is 8.07. The van der Waals surface area contributed by atoms with Gasteiger partial charge in [0, 0.05) is 28.3 Å². The van der Waals surface area contributed by atoms with Gasteiger partial charge < -0.3 is 9.52 Å². The largest absolute Gasteiger partial charge is 0.507 e. The van der Waals surface area contributed by atoms with E-state index in [1.165, 1.54) is 18.2 Å². The summed E-state index contributed by atoms with van der Waals surface area (Å²) in [7, 11) is 0. The number of amides is 1. The van der Waals surface area contributed by atoms with Crippen molar-refractivity contribution in [2.24, 2.45) is 0 Å². The maximum atomic E-state index is 12.8. The van der Waals surface area contributed by atoms with Crippen LogP contribution < -0.4 is 5.32 Å². The van der Waals surface area contributed by atoms with Crippen LogP contribution in [0, 0.1) is 10.1 Å². The molecule has 0 saturated carbocycles. The number of hydrogen-bond acceptors (Lipinski definition) is 6. The molecule has 0 aliphatic carbocycles. The van der Waals surface area contributed by atoms with Crippen LogP contribution in [0.2, 0.25) is 5.02 Å². The number of nitrogens with one attached hydrogen (secondary N) is 1. The molecule has 0 aliphatic rings. The fourth-order valence-electron chi connectivity index (χ4n) is 3.81. The summed E-state index contributed by atoms with van der Waals surface area (Å²) in [4.78, 5) is 28.0. The van der Waals surface area contributed by atoms with Crippen molar-refractivity contribution in [2.75, 3.05) is 5.32 Å². The Bertz CT molecular complexity index is 1630. The number of anilines is 1.